The third-order valence-electron chi connectivity index (χ3n) is 5.57. The van der Waals surface area contributed by atoms with Crippen molar-refractivity contribution in [2.45, 2.75) is 77.0 Å². The van der Waals surface area contributed by atoms with Gasteiger partial charge in [0.15, 0.2) is 0 Å². The molecule has 1 saturated carbocycles. The SMILES string of the molecule is BrCCCCCBr.CCOC(=O)C1(c2ccnc(Cl)n2)CCCCC1.CCOC(=O)Cc1ccnc(Cl)n1. The minimum atomic E-state index is -0.624. The summed E-state index contributed by atoms with van der Waals surface area (Å²) in [5.74, 6) is -0.489. The second-order valence-corrected chi connectivity index (χ2v) is 10.6. The van der Waals surface area contributed by atoms with Gasteiger partial charge in [0.2, 0.25) is 10.6 Å². The second kappa shape index (κ2) is 20.5. The highest BCUT2D eigenvalue weighted by atomic mass is 79.9. The Morgan fingerprint density at radius 1 is 0.868 bits per heavy atom. The van der Waals surface area contributed by atoms with Gasteiger partial charge in [0, 0.05) is 23.1 Å². The van der Waals surface area contributed by atoms with E-state index in [0.717, 1.165) is 42.8 Å². The number of rotatable bonds is 10. The summed E-state index contributed by atoms with van der Waals surface area (Å²) in [6.45, 7) is 4.34. The monoisotopic (exact) mass is 696 g/mol. The zero-order chi connectivity index (χ0) is 28.2. The molecular weight excluding hydrogens is 663 g/mol. The Balaban J connectivity index is 0.000000316. The van der Waals surface area contributed by atoms with Crippen molar-refractivity contribution in [2.24, 2.45) is 0 Å². The van der Waals surface area contributed by atoms with Crippen LogP contribution < -0.4 is 0 Å². The van der Waals surface area contributed by atoms with Crippen LogP contribution in [-0.2, 0) is 30.9 Å². The van der Waals surface area contributed by atoms with Crippen molar-refractivity contribution in [3.05, 3.63) is 46.5 Å². The van der Waals surface area contributed by atoms with Crippen LogP contribution in [0, 0.1) is 0 Å². The maximum absolute atomic E-state index is 12.3. The van der Waals surface area contributed by atoms with Crippen molar-refractivity contribution in [3.63, 3.8) is 0 Å². The molecule has 0 aromatic carbocycles. The number of carbonyl (C=O) groups is 2. The third-order valence-corrected chi connectivity index (χ3v) is 7.06. The molecule has 0 radical (unpaired) electrons. The maximum atomic E-state index is 12.3. The Hall–Kier alpha value is -1.36. The summed E-state index contributed by atoms with van der Waals surface area (Å²) in [4.78, 5) is 38.9. The fourth-order valence-corrected chi connectivity index (χ4v) is 4.89. The first-order valence-electron chi connectivity index (χ1n) is 12.7. The van der Waals surface area contributed by atoms with Crippen molar-refractivity contribution >= 4 is 67.0 Å². The normalized spacial score (nSPS) is 13.7. The van der Waals surface area contributed by atoms with E-state index in [1.165, 1.54) is 25.5 Å². The van der Waals surface area contributed by atoms with Gasteiger partial charge in [0.1, 0.15) is 5.41 Å². The fourth-order valence-electron chi connectivity index (χ4n) is 3.78. The van der Waals surface area contributed by atoms with E-state index < -0.39 is 5.41 Å². The van der Waals surface area contributed by atoms with Gasteiger partial charge in [-0.05, 0) is 74.9 Å². The lowest BCUT2D eigenvalue weighted by Gasteiger charge is -2.34. The van der Waals surface area contributed by atoms with Crippen molar-refractivity contribution < 1.29 is 19.1 Å². The molecule has 0 spiro atoms. The number of ether oxygens (including phenoxy) is 2. The Morgan fingerprint density at radius 3 is 1.97 bits per heavy atom. The number of aromatic nitrogens is 4. The molecule has 2 aromatic rings. The van der Waals surface area contributed by atoms with Gasteiger partial charge in [-0.3, -0.25) is 9.59 Å². The molecule has 38 heavy (non-hydrogen) atoms. The lowest BCUT2D eigenvalue weighted by Crippen LogP contribution is -2.40. The van der Waals surface area contributed by atoms with Gasteiger partial charge in [-0.15, -0.1) is 0 Å². The van der Waals surface area contributed by atoms with Gasteiger partial charge in [-0.2, -0.15) is 0 Å². The molecule has 0 aliphatic heterocycles. The molecular formula is C26H36Br2Cl2N4O4. The van der Waals surface area contributed by atoms with Crippen LogP contribution in [0.3, 0.4) is 0 Å². The Bertz CT molecular complexity index is 962. The molecule has 1 fully saturated rings. The molecule has 0 saturated heterocycles. The Morgan fingerprint density at radius 2 is 1.45 bits per heavy atom. The first-order chi connectivity index (χ1) is 18.3. The lowest BCUT2D eigenvalue weighted by molar-refractivity contribution is -0.152. The molecule has 2 heterocycles. The average Bonchev–Trinajstić information content (AvgIpc) is 2.90. The Kier molecular flexibility index (Phi) is 18.7. The number of halogens is 4. The molecule has 212 valence electrons. The molecule has 0 atom stereocenters. The van der Waals surface area contributed by atoms with Crippen LogP contribution in [0.5, 0.6) is 0 Å². The summed E-state index contributed by atoms with van der Waals surface area (Å²) in [5.41, 5.74) is 0.639. The molecule has 0 bridgehead atoms. The molecule has 0 amide bonds. The lowest BCUT2D eigenvalue weighted by atomic mass is 9.71. The fraction of sp³-hybridized carbons (Fsp3) is 0.615. The van der Waals surface area contributed by atoms with Gasteiger partial charge >= 0.3 is 11.9 Å². The van der Waals surface area contributed by atoms with E-state index in [-0.39, 0.29) is 28.9 Å². The summed E-state index contributed by atoms with van der Waals surface area (Å²) < 4.78 is 9.98. The number of carbonyl (C=O) groups excluding carboxylic acids is 2. The quantitative estimate of drug-likeness (QED) is 0.112. The van der Waals surface area contributed by atoms with Gasteiger partial charge < -0.3 is 9.47 Å². The Labute approximate surface area is 252 Å². The van der Waals surface area contributed by atoms with Crippen LogP contribution in [0.2, 0.25) is 10.6 Å². The van der Waals surface area contributed by atoms with E-state index >= 15 is 0 Å². The van der Waals surface area contributed by atoms with Crippen molar-refractivity contribution in [2.75, 3.05) is 23.9 Å². The van der Waals surface area contributed by atoms with E-state index in [0.29, 0.717) is 24.6 Å². The summed E-state index contributed by atoms with van der Waals surface area (Å²) in [5, 5.41) is 2.63. The molecule has 1 aliphatic rings. The topological polar surface area (TPSA) is 104 Å². The van der Waals surface area contributed by atoms with Crippen LogP contribution in [0.4, 0.5) is 0 Å². The van der Waals surface area contributed by atoms with Crippen LogP contribution in [0.1, 0.15) is 76.6 Å². The summed E-state index contributed by atoms with van der Waals surface area (Å²) >= 11 is 18.1. The van der Waals surface area contributed by atoms with Gasteiger partial charge in [-0.1, -0.05) is 57.5 Å². The number of hydrogen-bond acceptors (Lipinski definition) is 8. The highest BCUT2D eigenvalue weighted by Crippen LogP contribution is 2.39. The molecule has 0 N–H and O–H groups in total. The zero-order valence-corrected chi connectivity index (χ0v) is 26.6. The number of nitrogens with zero attached hydrogens (tertiary/aromatic N) is 4. The number of unbranched alkanes of at least 4 members (excludes halogenated alkanes) is 2. The van der Waals surface area contributed by atoms with Crippen LogP contribution in [-0.4, -0.2) is 55.7 Å². The summed E-state index contributed by atoms with van der Waals surface area (Å²) in [6.07, 6.45) is 11.9. The van der Waals surface area contributed by atoms with Crippen molar-refractivity contribution in [3.8, 4) is 0 Å². The summed E-state index contributed by atoms with van der Waals surface area (Å²) in [7, 11) is 0. The van der Waals surface area contributed by atoms with E-state index in [9.17, 15) is 9.59 Å². The number of alkyl halides is 2. The standard InChI is InChI=1S/C13H17ClN2O2.C8H9ClN2O2.C5H10Br2/c1-2-18-11(17)13(7-4-3-5-8-13)10-6-9-15-12(14)16-10;1-2-13-7(12)5-6-3-4-10-8(9)11-6;6-4-2-1-3-5-7/h6,9H,2-5,7-8H2,1H3;3-4H,2,5H2,1H3;1-5H2. The van der Waals surface area contributed by atoms with E-state index in [1.54, 1.807) is 25.3 Å². The minimum absolute atomic E-state index is 0.135. The molecule has 12 heteroatoms. The van der Waals surface area contributed by atoms with Gasteiger partial charge in [0.05, 0.1) is 31.0 Å². The predicted molar refractivity (Wildman–Crippen MR) is 157 cm³/mol. The smallest absolute Gasteiger partial charge is 0.318 e. The highest BCUT2D eigenvalue weighted by molar-refractivity contribution is 9.09. The molecule has 8 nitrogen and oxygen atoms in total. The number of esters is 2. The molecule has 1 aliphatic carbocycles. The molecule has 2 aromatic heterocycles. The molecule has 0 unspecified atom stereocenters. The highest BCUT2D eigenvalue weighted by Gasteiger charge is 2.44. The van der Waals surface area contributed by atoms with Crippen LogP contribution in [0.25, 0.3) is 0 Å². The van der Waals surface area contributed by atoms with E-state index in [2.05, 4.69) is 51.8 Å². The van der Waals surface area contributed by atoms with Gasteiger partial charge in [-0.25, -0.2) is 19.9 Å². The number of hydrogen-bond donors (Lipinski definition) is 0. The minimum Gasteiger partial charge on any atom is -0.466 e. The van der Waals surface area contributed by atoms with E-state index in [1.807, 2.05) is 6.92 Å². The molecule has 3 rings (SSSR count). The van der Waals surface area contributed by atoms with Crippen LogP contribution >= 0.6 is 55.1 Å². The predicted octanol–water partition coefficient (Wildman–Crippen LogP) is 7.08. The third kappa shape index (κ3) is 13.1. The van der Waals surface area contributed by atoms with Gasteiger partial charge in [0.25, 0.3) is 0 Å². The zero-order valence-electron chi connectivity index (χ0n) is 21.9. The first-order valence-corrected chi connectivity index (χ1v) is 15.7. The first kappa shape index (κ1) is 34.7. The van der Waals surface area contributed by atoms with Crippen molar-refractivity contribution in [1.82, 2.24) is 19.9 Å². The maximum Gasteiger partial charge on any atom is 0.318 e. The summed E-state index contributed by atoms with van der Waals surface area (Å²) in [6, 6.07) is 3.40. The van der Waals surface area contributed by atoms with Crippen molar-refractivity contribution in [1.29, 1.82) is 0 Å². The largest absolute Gasteiger partial charge is 0.466 e. The average molecular weight is 699 g/mol. The second-order valence-electron chi connectivity index (χ2n) is 8.31. The van der Waals surface area contributed by atoms with Crippen LogP contribution in [0.15, 0.2) is 24.5 Å². The van der Waals surface area contributed by atoms with E-state index in [4.69, 9.17) is 32.7 Å².